The summed E-state index contributed by atoms with van der Waals surface area (Å²) in [7, 11) is 3.22. The number of carbonyl (C=O) groups is 1. The summed E-state index contributed by atoms with van der Waals surface area (Å²) in [5.41, 5.74) is 0.998. The average Bonchev–Trinajstić information content (AvgIpc) is 2.81. The quantitative estimate of drug-likeness (QED) is 0.871. The minimum absolute atomic E-state index is 0.113. The van der Waals surface area contributed by atoms with Crippen LogP contribution in [0.3, 0.4) is 0 Å². The van der Waals surface area contributed by atoms with Gasteiger partial charge < -0.3 is 14.0 Å². The molecule has 1 amide bonds. The highest BCUT2D eigenvalue weighted by Gasteiger charge is 2.12. The minimum atomic E-state index is -0.113. The van der Waals surface area contributed by atoms with E-state index in [-0.39, 0.29) is 5.91 Å². The monoisotopic (exact) mass is 294 g/mol. The van der Waals surface area contributed by atoms with Gasteiger partial charge in [-0.3, -0.25) is 4.79 Å². The summed E-state index contributed by atoms with van der Waals surface area (Å²) in [5, 5.41) is 0. The maximum absolute atomic E-state index is 11.5. The smallest absolute Gasteiger partial charge is 0.248 e. The molecule has 2 rings (SSSR count). The highest BCUT2D eigenvalue weighted by molar-refractivity contribution is 7.16. The number of fused-ring (bicyclic) bond motifs is 1. The van der Waals surface area contributed by atoms with E-state index in [0.717, 1.165) is 16.8 Å². The zero-order valence-electron chi connectivity index (χ0n) is 12.1. The van der Waals surface area contributed by atoms with Crippen molar-refractivity contribution >= 4 is 27.5 Å². The van der Waals surface area contributed by atoms with Crippen LogP contribution in [0, 0.1) is 0 Å². The van der Waals surface area contributed by atoms with E-state index < -0.39 is 0 Å². The number of benzene rings is 1. The predicted octanol–water partition coefficient (Wildman–Crippen LogP) is 2.58. The lowest BCUT2D eigenvalue weighted by atomic mass is 10.3. The van der Waals surface area contributed by atoms with E-state index in [4.69, 9.17) is 9.47 Å². The Hall–Kier alpha value is -1.82. The van der Waals surface area contributed by atoms with Gasteiger partial charge in [0, 0.05) is 25.1 Å². The van der Waals surface area contributed by atoms with Crippen molar-refractivity contribution in [2.45, 2.75) is 26.8 Å². The van der Waals surface area contributed by atoms with Gasteiger partial charge in [-0.2, -0.15) is 4.99 Å². The second-order valence-corrected chi connectivity index (χ2v) is 5.17. The largest absolute Gasteiger partial charge is 0.493 e. The lowest BCUT2D eigenvalue weighted by Gasteiger charge is -2.08. The fourth-order valence-corrected chi connectivity index (χ4v) is 3.09. The lowest BCUT2D eigenvalue weighted by molar-refractivity contribution is -0.117. The first-order valence-corrected chi connectivity index (χ1v) is 7.29. The Labute approximate surface area is 121 Å². The first-order chi connectivity index (χ1) is 9.64. The molecule has 0 atom stereocenters. The van der Waals surface area contributed by atoms with Crippen molar-refractivity contribution in [1.29, 1.82) is 0 Å². The summed E-state index contributed by atoms with van der Waals surface area (Å²) in [6.07, 6.45) is 0.407. The summed E-state index contributed by atoms with van der Waals surface area (Å²) in [6, 6.07) is 3.84. The van der Waals surface area contributed by atoms with Crippen molar-refractivity contribution in [2.24, 2.45) is 4.99 Å². The van der Waals surface area contributed by atoms with E-state index in [9.17, 15) is 4.79 Å². The minimum Gasteiger partial charge on any atom is -0.493 e. The molecule has 1 heterocycles. The van der Waals surface area contributed by atoms with Gasteiger partial charge in [-0.05, 0) is 6.92 Å². The molecular formula is C14H18N2O3S. The molecule has 0 N–H and O–H groups in total. The van der Waals surface area contributed by atoms with Crippen LogP contribution in [0.1, 0.15) is 20.3 Å². The highest BCUT2D eigenvalue weighted by atomic mass is 32.1. The zero-order chi connectivity index (χ0) is 14.7. The van der Waals surface area contributed by atoms with Crippen LogP contribution < -0.4 is 14.3 Å². The average molecular weight is 294 g/mol. The molecular weight excluding hydrogens is 276 g/mol. The number of ether oxygens (including phenoxy) is 2. The van der Waals surface area contributed by atoms with Crippen molar-refractivity contribution in [2.75, 3.05) is 14.2 Å². The van der Waals surface area contributed by atoms with E-state index in [0.29, 0.717) is 22.7 Å². The number of nitrogens with zero attached hydrogens (tertiary/aromatic N) is 2. The van der Waals surface area contributed by atoms with Crippen molar-refractivity contribution in [1.82, 2.24) is 4.57 Å². The predicted molar refractivity (Wildman–Crippen MR) is 79.5 cm³/mol. The SMILES string of the molecule is CCC(=O)N=c1sc2cc(OC)c(OC)cc2n1CC. The van der Waals surface area contributed by atoms with Gasteiger partial charge in [0.05, 0.1) is 24.4 Å². The van der Waals surface area contributed by atoms with Crippen LogP contribution in [0.15, 0.2) is 17.1 Å². The number of amides is 1. The summed E-state index contributed by atoms with van der Waals surface area (Å²) < 4.78 is 13.7. The molecule has 0 bridgehead atoms. The molecule has 2 aromatic rings. The number of methoxy groups -OCH3 is 2. The van der Waals surface area contributed by atoms with Gasteiger partial charge in [-0.15, -0.1) is 0 Å². The van der Waals surface area contributed by atoms with Gasteiger partial charge in [-0.25, -0.2) is 0 Å². The van der Waals surface area contributed by atoms with Gasteiger partial charge in [0.2, 0.25) is 5.91 Å². The molecule has 108 valence electrons. The van der Waals surface area contributed by atoms with Gasteiger partial charge in [-0.1, -0.05) is 18.3 Å². The molecule has 0 aliphatic carbocycles. The van der Waals surface area contributed by atoms with Crippen LogP contribution in [-0.4, -0.2) is 24.7 Å². The summed E-state index contributed by atoms with van der Waals surface area (Å²) >= 11 is 1.48. The molecule has 0 aliphatic heterocycles. The Morgan fingerprint density at radius 3 is 2.45 bits per heavy atom. The Morgan fingerprint density at radius 2 is 1.90 bits per heavy atom. The number of rotatable bonds is 4. The lowest BCUT2D eigenvalue weighted by Crippen LogP contribution is -2.15. The van der Waals surface area contributed by atoms with Crippen molar-refractivity contribution in [3.63, 3.8) is 0 Å². The molecule has 0 saturated carbocycles. The fraction of sp³-hybridized carbons (Fsp3) is 0.429. The molecule has 0 spiro atoms. The Morgan fingerprint density at radius 1 is 1.25 bits per heavy atom. The van der Waals surface area contributed by atoms with Crippen LogP contribution in [0.4, 0.5) is 0 Å². The van der Waals surface area contributed by atoms with Gasteiger partial charge in [0.1, 0.15) is 0 Å². The molecule has 20 heavy (non-hydrogen) atoms. The van der Waals surface area contributed by atoms with Crippen LogP contribution >= 0.6 is 11.3 Å². The van der Waals surface area contributed by atoms with Gasteiger partial charge in [0.25, 0.3) is 0 Å². The van der Waals surface area contributed by atoms with Crippen LogP contribution in [0.5, 0.6) is 11.5 Å². The summed E-state index contributed by atoms with van der Waals surface area (Å²) in [6.45, 7) is 4.57. The molecule has 1 aromatic carbocycles. The molecule has 1 aromatic heterocycles. The van der Waals surface area contributed by atoms with E-state index >= 15 is 0 Å². The Kier molecular flexibility index (Phi) is 4.44. The Balaban J connectivity index is 2.74. The first-order valence-electron chi connectivity index (χ1n) is 6.47. The van der Waals surface area contributed by atoms with Crippen LogP contribution in [0.2, 0.25) is 0 Å². The second-order valence-electron chi connectivity index (χ2n) is 4.16. The van der Waals surface area contributed by atoms with Gasteiger partial charge in [0.15, 0.2) is 16.3 Å². The molecule has 5 nitrogen and oxygen atoms in total. The third kappa shape index (κ3) is 2.56. The topological polar surface area (TPSA) is 52.8 Å². The van der Waals surface area contributed by atoms with Crippen LogP contribution in [-0.2, 0) is 11.3 Å². The summed E-state index contributed by atoms with van der Waals surface area (Å²) in [4.78, 5) is 16.4. The van der Waals surface area contributed by atoms with Crippen molar-refractivity contribution < 1.29 is 14.3 Å². The molecule has 0 radical (unpaired) electrons. The molecule has 0 fully saturated rings. The molecule has 0 saturated heterocycles. The molecule has 0 unspecified atom stereocenters. The van der Waals surface area contributed by atoms with E-state index in [1.807, 2.05) is 30.5 Å². The van der Waals surface area contributed by atoms with Crippen molar-refractivity contribution in [3.8, 4) is 11.5 Å². The van der Waals surface area contributed by atoms with Crippen molar-refractivity contribution in [3.05, 3.63) is 16.9 Å². The summed E-state index contributed by atoms with van der Waals surface area (Å²) in [5.74, 6) is 1.24. The number of aryl methyl sites for hydroxylation is 1. The normalized spacial score (nSPS) is 11.9. The Bertz CT molecular complexity index is 700. The third-order valence-electron chi connectivity index (χ3n) is 3.03. The molecule has 0 aliphatic rings. The van der Waals surface area contributed by atoms with Crippen LogP contribution in [0.25, 0.3) is 10.2 Å². The molecule has 6 heteroatoms. The standard InChI is InChI=1S/C14H18N2O3S/c1-5-13(17)15-14-16(6-2)9-7-10(18-3)11(19-4)8-12(9)20-14/h7-8H,5-6H2,1-4H3. The fourth-order valence-electron chi connectivity index (χ4n) is 1.97. The number of hydrogen-bond acceptors (Lipinski definition) is 4. The number of aromatic nitrogens is 1. The highest BCUT2D eigenvalue weighted by Crippen LogP contribution is 2.33. The maximum atomic E-state index is 11.5. The number of carbonyl (C=O) groups excluding carboxylic acids is 1. The van der Waals surface area contributed by atoms with E-state index in [1.165, 1.54) is 11.3 Å². The second kappa shape index (κ2) is 6.09. The number of hydrogen-bond donors (Lipinski definition) is 0. The van der Waals surface area contributed by atoms with E-state index in [1.54, 1.807) is 14.2 Å². The number of thiazole rings is 1. The first kappa shape index (κ1) is 14.6. The third-order valence-corrected chi connectivity index (χ3v) is 4.07. The maximum Gasteiger partial charge on any atom is 0.248 e. The van der Waals surface area contributed by atoms with E-state index in [2.05, 4.69) is 4.99 Å². The zero-order valence-corrected chi connectivity index (χ0v) is 12.9. The van der Waals surface area contributed by atoms with Gasteiger partial charge >= 0.3 is 0 Å².